The van der Waals surface area contributed by atoms with E-state index in [-0.39, 0.29) is 11.8 Å². The van der Waals surface area contributed by atoms with E-state index in [0.717, 1.165) is 17.9 Å². The maximum Gasteiger partial charge on any atom is 0.251 e. The highest BCUT2D eigenvalue weighted by atomic mass is 16.5. The second kappa shape index (κ2) is 10.3. The Hall–Kier alpha value is -2.86. The summed E-state index contributed by atoms with van der Waals surface area (Å²) in [4.78, 5) is 26.5. The largest absolute Gasteiger partial charge is 0.497 e. The van der Waals surface area contributed by atoms with Crippen molar-refractivity contribution in [2.45, 2.75) is 6.42 Å². The first kappa shape index (κ1) is 20.5. The van der Waals surface area contributed by atoms with Crippen LogP contribution in [0.1, 0.15) is 26.3 Å². The Morgan fingerprint density at radius 1 is 0.926 bits per heavy atom. The third kappa shape index (κ3) is 6.75. The summed E-state index contributed by atoms with van der Waals surface area (Å²) >= 11 is 0. The minimum absolute atomic E-state index is 0.178. The lowest BCUT2D eigenvalue weighted by molar-refractivity contribution is 0.0951. The van der Waals surface area contributed by atoms with Gasteiger partial charge in [0.1, 0.15) is 5.75 Å². The fraction of sp³-hybridized carbons (Fsp3) is 0.333. The van der Waals surface area contributed by atoms with E-state index in [2.05, 4.69) is 10.6 Å². The lowest BCUT2D eigenvalue weighted by Crippen LogP contribution is -2.31. The van der Waals surface area contributed by atoms with Crippen molar-refractivity contribution < 1.29 is 14.3 Å². The van der Waals surface area contributed by atoms with Gasteiger partial charge in [0.2, 0.25) is 0 Å². The van der Waals surface area contributed by atoms with Crippen molar-refractivity contribution in [1.82, 2.24) is 15.5 Å². The van der Waals surface area contributed by atoms with Gasteiger partial charge in [0.05, 0.1) is 7.11 Å². The summed E-state index contributed by atoms with van der Waals surface area (Å²) in [6.07, 6.45) is 0.702. The van der Waals surface area contributed by atoms with Crippen LogP contribution in [0.2, 0.25) is 0 Å². The quantitative estimate of drug-likeness (QED) is 0.709. The number of hydrogen-bond acceptors (Lipinski definition) is 4. The predicted molar refractivity (Wildman–Crippen MR) is 106 cm³/mol. The summed E-state index contributed by atoms with van der Waals surface area (Å²) in [7, 11) is 5.52. The van der Waals surface area contributed by atoms with Crippen molar-refractivity contribution in [3.05, 3.63) is 65.2 Å². The zero-order valence-corrected chi connectivity index (χ0v) is 16.1. The minimum atomic E-state index is -0.194. The molecule has 2 aromatic rings. The van der Waals surface area contributed by atoms with Crippen LogP contribution in [0.3, 0.4) is 0 Å². The van der Waals surface area contributed by atoms with Gasteiger partial charge in [-0.2, -0.15) is 0 Å². The molecule has 0 saturated heterocycles. The Morgan fingerprint density at radius 2 is 1.56 bits per heavy atom. The summed E-state index contributed by atoms with van der Waals surface area (Å²) in [5.74, 6) is 0.426. The molecule has 0 heterocycles. The molecule has 144 valence electrons. The lowest BCUT2D eigenvalue weighted by atomic mass is 10.1. The number of amides is 2. The molecule has 6 nitrogen and oxygen atoms in total. The van der Waals surface area contributed by atoms with Crippen molar-refractivity contribution in [1.29, 1.82) is 0 Å². The Balaban J connectivity index is 1.87. The molecule has 2 rings (SSSR count). The highest BCUT2D eigenvalue weighted by molar-refractivity contribution is 5.99. The number of carbonyl (C=O) groups excluding carboxylic acids is 2. The van der Waals surface area contributed by atoms with Gasteiger partial charge < -0.3 is 20.3 Å². The van der Waals surface area contributed by atoms with Crippen LogP contribution < -0.4 is 15.4 Å². The monoisotopic (exact) mass is 369 g/mol. The van der Waals surface area contributed by atoms with E-state index < -0.39 is 0 Å². The van der Waals surface area contributed by atoms with Crippen LogP contribution in [-0.2, 0) is 6.42 Å². The molecule has 0 aromatic heterocycles. The van der Waals surface area contributed by atoms with Crippen LogP contribution in [0.15, 0.2) is 48.5 Å². The Morgan fingerprint density at radius 3 is 2.19 bits per heavy atom. The molecule has 0 aliphatic rings. The summed E-state index contributed by atoms with van der Waals surface area (Å²) in [5, 5.41) is 5.74. The summed E-state index contributed by atoms with van der Waals surface area (Å²) in [6, 6.07) is 14.5. The van der Waals surface area contributed by atoms with Crippen molar-refractivity contribution in [3.63, 3.8) is 0 Å². The van der Waals surface area contributed by atoms with E-state index in [4.69, 9.17) is 4.74 Å². The van der Waals surface area contributed by atoms with Crippen molar-refractivity contribution >= 4 is 11.8 Å². The molecular weight excluding hydrogens is 342 g/mol. The summed E-state index contributed by atoms with van der Waals surface area (Å²) < 4.78 is 5.20. The van der Waals surface area contributed by atoms with Gasteiger partial charge in [-0.05, 0) is 56.4 Å². The number of hydrogen-bond donors (Lipinski definition) is 2. The average molecular weight is 369 g/mol. The zero-order chi connectivity index (χ0) is 19.6. The SMILES string of the molecule is COc1cccc(CCNC(=O)c2cccc(C(=O)NCCN(C)C)c2)c1. The van der Waals surface area contributed by atoms with Gasteiger partial charge in [0.25, 0.3) is 11.8 Å². The molecule has 0 radical (unpaired) electrons. The lowest BCUT2D eigenvalue weighted by Gasteiger charge is -2.11. The van der Waals surface area contributed by atoms with Gasteiger partial charge in [-0.25, -0.2) is 0 Å². The van der Waals surface area contributed by atoms with Gasteiger partial charge in [-0.1, -0.05) is 18.2 Å². The first-order valence-corrected chi connectivity index (χ1v) is 8.93. The number of methoxy groups -OCH3 is 1. The summed E-state index contributed by atoms with van der Waals surface area (Å²) in [5.41, 5.74) is 2.04. The molecule has 2 N–H and O–H groups in total. The molecule has 6 heteroatoms. The minimum Gasteiger partial charge on any atom is -0.497 e. The van der Waals surface area contributed by atoms with Gasteiger partial charge in [-0.3, -0.25) is 9.59 Å². The molecule has 0 unspecified atom stereocenters. The molecule has 0 bridgehead atoms. The number of ether oxygens (including phenoxy) is 1. The molecule has 27 heavy (non-hydrogen) atoms. The van der Waals surface area contributed by atoms with Crippen LogP contribution in [0.25, 0.3) is 0 Å². The summed E-state index contributed by atoms with van der Waals surface area (Å²) in [6.45, 7) is 1.82. The van der Waals surface area contributed by atoms with Crippen LogP contribution in [-0.4, -0.2) is 57.6 Å². The van der Waals surface area contributed by atoms with E-state index in [9.17, 15) is 9.59 Å². The molecule has 0 aliphatic heterocycles. The topological polar surface area (TPSA) is 70.7 Å². The van der Waals surface area contributed by atoms with Gasteiger partial charge in [-0.15, -0.1) is 0 Å². The highest BCUT2D eigenvalue weighted by Crippen LogP contribution is 2.12. The normalized spacial score (nSPS) is 10.5. The molecule has 0 atom stereocenters. The van der Waals surface area contributed by atoms with Crippen molar-refractivity contribution in [2.24, 2.45) is 0 Å². The first-order valence-electron chi connectivity index (χ1n) is 8.93. The maximum atomic E-state index is 12.4. The Bertz CT molecular complexity index is 775. The van der Waals surface area contributed by atoms with Crippen LogP contribution in [0.4, 0.5) is 0 Å². The van der Waals surface area contributed by atoms with E-state index in [1.807, 2.05) is 43.3 Å². The second-order valence-electron chi connectivity index (χ2n) is 6.50. The highest BCUT2D eigenvalue weighted by Gasteiger charge is 2.10. The van der Waals surface area contributed by atoms with Gasteiger partial charge in [0, 0.05) is 30.8 Å². The predicted octanol–water partition coefficient (Wildman–Crippen LogP) is 1.96. The molecule has 0 spiro atoms. The van der Waals surface area contributed by atoms with Crippen molar-refractivity contribution in [2.75, 3.05) is 40.8 Å². The van der Waals surface area contributed by atoms with Gasteiger partial charge in [0.15, 0.2) is 0 Å². The fourth-order valence-corrected chi connectivity index (χ4v) is 2.55. The standard InChI is InChI=1S/C21H27N3O3/c1-24(2)13-12-23-21(26)18-8-5-7-17(15-18)20(25)22-11-10-16-6-4-9-19(14-16)27-3/h4-9,14-15H,10-13H2,1-3H3,(H,22,25)(H,23,26). The number of rotatable bonds is 9. The molecule has 2 amide bonds. The number of carbonyl (C=O) groups is 2. The third-order valence-electron chi connectivity index (χ3n) is 4.06. The van der Waals surface area contributed by atoms with E-state index in [0.29, 0.717) is 30.6 Å². The fourth-order valence-electron chi connectivity index (χ4n) is 2.55. The molecule has 0 fully saturated rings. The number of likely N-dealkylation sites (N-methyl/N-ethyl adjacent to an activating group) is 1. The molecular formula is C21H27N3O3. The van der Waals surface area contributed by atoms with E-state index in [1.54, 1.807) is 31.4 Å². The van der Waals surface area contributed by atoms with Crippen LogP contribution >= 0.6 is 0 Å². The second-order valence-corrected chi connectivity index (χ2v) is 6.50. The number of benzene rings is 2. The average Bonchev–Trinajstić information content (AvgIpc) is 2.67. The van der Waals surface area contributed by atoms with Gasteiger partial charge >= 0.3 is 0 Å². The first-order chi connectivity index (χ1) is 13.0. The third-order valence-corrected chi connectivity index (χ3v) is 4.06. The van der Waals surface area contributed by atoms with Crippen LogP contribution in [0, 0.1) is 0 Å². The van der Waals surface area contributed by atoms with Crippen molar-refractivity contribution in [3.8, 4) is 5.75 Å². The zero-order valence-electron chi connectivity index (χ0n) is 16.1. The van der Waals surface area contributed by atoms with Crippen LogP contribution in [0.5, 0.6) is 5.75 Å². The maximum absolute atomic E-state index is 12.4. The molecule has 2 aromatic carbocycles. The molecule has 0 aliphatic carbocycles. The molecule has 0 saturated carbocycles. The number of nitrogens with one attached hydrogen (secondary N) is 2. The van der Waals surface area contributed by atoms with E-state index >= 15 is 0 Å². The number of nitrogens with zero attached hydrogens (tertiary/aromatic N) is 1. The Kier molecular flexibility index (Phi) is 7.82. The Labute approximate surface area is 160 Å². The van der Waals surface area contributed by atoms with E-state index in [1.165, 1.54) is 0 Å². The smallest absolute Gasteiger partial charge is 0.251 e.